The molecule has 0 radical (unpaired) electrons. The van der Waals surface area contributed by atoms with E-state index in [0.717, 1.165) is 0 Å². The molecule has 13 heavy (non-hydrogen) atoms. The number of hydrogen-bond donors (Lipinski definition) is 0. The molecule has 0 N–H and O–H groups in total. The molecule has 0 bridgehead atoms. The Bertz CT molecular complexity index is 342. The van der Waals surface area contributed by atoms with E-state index in [0.29, 0.717) is 11.4 Å². The van der Waals surface area contributed by atoms with Crippen molar-refractivity contribution in [3.63, 3.8) is 0 Å². The highest BCUT2D eigenvalue weighted by Gasteiger charge is 1.96. The van der Waals surface area contributed by atoms with Gasteiger partial charge in [-0.25, -0.2) is 9.59 Å². The van der Waals surface area contributed by atoms with Crippen molar-refractivity contribution in [1.82, 2.24) is 0 Å². The van der Waals surface area contributed by atoms with Crippen LogP contribution in [0.1, 0.15) is 0 Å². The summed E-state index contributed by atoms with van der Waals surface area (Å²) in [5.41, 5.74) is 0.631. The largest absolute Gasteiger partial charge is 0.269 e. The fourth-order valence-electron chi connectivity index (χ4n) is 0.752. The van der Waals surface area contributed by atoms with Crippen molar-refractivity contribution >= 4 is 23.5 Å². The van der Waals surface area contributed by atoms with Crippen LogP contribution in [-0.2, 0) is 9.59 Å². The topological polar surface area (TPSA) is 58.9 Å². The summed E-state index contributed by atoms with van der Waals surface area (Å²) in [5.74, 6) is 0. The maximum absolute atomic E-state index is 9.90. The van der Waals surface area contributed by atoms with Crippen molar-refractivity contribution in [3.8, 4) is 0 Å². The molecule has 66 valence electrons. The third kappa shape index (κ3) is 2.79. The van der Waals surface area contributed by atoms with Gasteiger partial charge in [0.15, 0.2) is 0 Å². The van der Waals surface area contributed by atoms with Crippen molar-refractivity contribution in [2.45, 2.75) is 0 Å². The highest BCUT2D eigenvalue weighted by molar-refractivity contribution is 5.67. The smallest absolute Gasteiger partial charge is 0.240 e. The summed E-state index contributed by atoms with van der Waals surface area (Å²) in [6, 6.07) is 6.47. The zero-order valence-corrected chi connectivity index (χ0v) is 6.43. The Morgan fingerprint density at radius 1 is 0.923 bits per heavy atom. The number of hydrogen-bond acceptors (Lipinski definition) is 4. The molecule has 0 aromatic heterocycles. The van der Waals surface area contributed by atoms with Crippen LogP contribution in [0.15, 0.2) is 34.3 Å². The second kappa shape index (κ2) is 5.55. The van der Waals surface area contributed by atoms with E-state index in [1.807, 2.05) is 0 Å². The number of aliphatic imine (C=N–C) groups is 2. The van der Waals surface area contributed by atoms with Crippen LogP contribution in [0, 0.1) is 0 Å². The quantitative estimate of drug-likeness (QED) is 0.514. The van der Waals surface area contributed by atoms with Gasteiger partial charge in [-0.05, 0) is 12.1 Å². The summed E-state index contributed by atoms with van der Waals surface area (Å²) in [4.78, 5) is 26.5. The first-order valence-electron chi connectivity index (χ1n) is 3.13. The van der Waals surface area contributed by atoms with Gasteiger partial charge in [0.25, 0.3) is 0 Å². The molecule has 0 saturated carbocycles. The van der Waals surface area contributed by atoms with Gasteiger partial charge in [-0.2, -0.15) is 9.98 Å². The zero-order valence-electron chi connectivity index (χ0n) is 6.43. The predicted molar refractivity (Wildman–Crippen MR) is 44.5 cm³/mol. The van der Waals surface area contributed by atoms with Gasteiger partial charge in [0.1, 0.15) is 11.4 Å². The molecule has 1 rings (SSSR count). The van der Waals surface area contributed by atoms with E-state index >= 15 is 0 Å². The Morgan fingerprint density at radius 3 is 1.62 bits per heavy atom. The average molecular weight is 180 g/mol. The molecule has 1 aromatic rings. The van der Waals surface area contributed by atoms with Gasteiger partial charge in [0.2, 0.25) is 12.2 Å². The Hall–Kier alpha value is -2.09. The SMILES string of the molecule is F.O=C=Nc1ccccc1N=C=O. The molecule has 0 saturated heterocycles. The van der Waals surface area contributed by atoms with Crippen LogP contribution in [0.4, 0.5) is 16.1 Å². The summed E-state index contributed by atoms with van der Waals surface area (Å²) < 4.78 is 0. The molecule has 0 fully saturated rings. The lowest BCUT2D eigenvalue weighted by molar-refractivity contribution is 0.564. The Morgan fingerprint density at radius 2 is 1.31 bits per heavy atom. The molecule has 0 atom stereocenters. The van der Waals surface area contributed by atoms with Crippen molar-refractivity contribution in [2.75, 3.05) is 0 Å². The maximum Gasteiger partial charge on any atom is 0.240 e. The predicted octanol–water partition coefficient (Wildman–Crippen LogP) is 1.77. The van der Waals surface area contributed by atoms with Crippen molar-refractivity contribution < 1.29 is 14.3 Å². The minimum atomic E-state index is 0. The lowest BCUT2D eigenvalue weighted by Gasteiger charge is -1.92. The Kier molecular flexibility index (Phi) is 4.65. The third-order valence-electron chi connectivity index (χ3n) is 1.21. The van der Waals surface area contributed by atoms with Crippen LogP contribution in [0.5, 0.6) is 0 Å². The van der Waals surface area contributed by atoms with Crippen LogP contribution < -0.4 is 0 Å². The fourth-order valence-corrected chi connectivity index (χ4v) is 0.752. The molecule has 0 amide bonds. The molecule has 5 heteroatoms. The van der Waals surface area contributed by atoms with Crippen molar-refractivity contribution in [3.05, 3.63) is 24.3 Å². The molecule has 0 heterocycles. The van der Waals surface area contributed by atoms with Gasteiger partial charge in [-0.3, -0.25) is 4.70 Å². The van der Waals surface area contributed by atoms with Crippen LogP contribution in [0.2, 0.25) is 0 Å². The van der Waals surface area contributed by atoms with E-state index < -0.39 is 0 Å². The molecule has 0 aliphatic carbocycles. The molecule has 4 nitrogen and oxygen atoms in total. The normalized spacial score (nSPS) is 7.38. The third-order valence-corrected chi connectivity index (χ3v) is 1.21. The zero-order chi connectivity index (χ0) is 8.81. The van der Waals surface area contributed by atoms with Crippen LogP contribution >= 0.6 is 0 Å². The van der Waals surface area contributed by atoms with E-state index in [2.05, 4.69) is 9.98 Å². The van der Waals surface area contributed by atoms with E-state index in [1.54, 1.807) is 24.3 Å². The number of halogens is 1. The number of isocyanates is 2. The van der Waals surface area contributed by atoms with E-state index in [-0.39, 0.29) is 4.70 Å². The van der Waals surface area contributed by atoms with Crippen LogP contribution in [-0.4, -0.2) is 12.2 Å². The highest BCUT2D eigenvalue weighted by Crippen LogP contribution is 2.25. The minimum Gasteiger partial charge on any atom is -0.269 e. The van der Waals surface area contributed by atoms with Crippen LogP contribution in [0.25, 0.3) is 0 Å². The Balaban J connectivity index is 0.00000144. The molecule has 0 aliphatic heterocycles. The van der Waals surface area contributed by atoms with E-state index in [9.17, 15) is 9.59 Å². The minimum absolute atomic E-state index is 0. The van der Waals surface area contributed by atoms with Gasteiger partial charge in [0, 0.05) is 0 Å². The van der Waals surface area contributed by atoms with E-state index in [4.69, 9.17) is 0 Å². The summed E-state index contributed by atoms with van der Waals surface area (Å²) in [6.45, 7) is 0. The number of carbonyl (C=O) groups excluding carboxylic acids is 2. The van der Waals surface area contributed by atoms with Gasteiger partial charge < -0.3 is 0 Å². The summed E-state index contributed by atoms with van der Waals surface area (Å²) in [5, 5.41) is 0. The second-order valence-electron chi connectivity index (χ2n) is 1.89. The van der Waals surface area contributed by atoms with Gasteiger partial charge in [-0.15, -0.1) is 0 Å². The van der Waals surface area contributed by atoms with E-state index in [1.165, 1.54) is 12.2 Å². The second-order valence-corrected chi connectivity index (χ2v) is 1.89. The van der Waals surface area contributed by atoms with Gasteiger partial charge in [-0.1, -0.05) is 12.1 Å². The standard InChI is InChI=1S/C8H4N2O2.FH/c11-5-9-7-3-1-2-4-8(7)10-6-12;/h1-4H;1H. The monoisotopic (exact) mass is 180 g/mol. The van der Waals surface area contributed by atoms with Gasteiger partial charge >= 0.3 is 0 Å². The molecule has 0 unspecified atom stereocenters. The van der Waals surface area contributed by atoms with Crippen LogP contribution in [0.3, 0.4) is 0 Å². The average Bonchev–Trinajstić information content (AvgIpc) is 2.09. The summed E-state index contributed by atoms with van der Waals surface area (Å²) in [7, 11) is 0. The van der Waals surface area contributed by atoms with Crippen molar-refractivity contribution in [2.24, 2.45) is 9.98 Å². The summed E-state index contributed by atoms with van der Waals surface area (Å²) >= 11 is 0. The van der Waals surface area contributed by atoms with Crippen molar-refractivity contribution in [1.29, 1.82) is 0 Å². The Labute approximate surface area is 73.0 Å². The number of benzene rings is 1. The highest BCUT2D eigenvalue weighted by atomic mass is 19.0. The number of para-hydroxylation sites is 2. The van der Waals surface area contributed by atoms with Gasteiger partial charge in [0.05, 0.1) is 0 Å². The molecule has 1 aromatic carbocycles. The lowest BCUT2D eigenvalue weighted by Crippen LogP contribution is -1.66. The lowest BCUT2D eigenvalue weighted by atomic mass is 10.3. The molecular formula is C8H5FN2O2. The molecular weight excluding hydrogens is 175 g/mol. The first-order chi connectivity index (χ1) is 5.88. The molecule has 0 spiro atoms. The first-order valence-corrected chi connectivity index (χ1v) is 3.13. The maximum atomic E-state index is 9.90. The first kappa shape index (κ1) is 10.9. The fraction of sp³-hybridized carbons (Fsp3) is 0. The number of nitrogens with zero attached hydrogens (tertiary/aromatic N) is 2. The number of rotatable bonds is 2. The molecule has 0 aliphatic rings. The summed E-state index contributed by atoms with van der Waals surface area (Å²) in [6.07, 6.45) is 2.74.